The van der Waals surface area contributed by atoms with Gasteiger partial charge in [0.1, 0.15) is 6.04 Å². The third-order valence-corrected chi connectivity index (χ3v) is 6.06. The van der Waals surface area contributed by atoms with Gasteiger partial charge in [0.2, 0.25) is 0 Å². The Morgan fingerprint density at radius 3 is 2.59 bits per heavy atom. The molecule has 0 unspecified atom stereocenters. The largest absolute Gasteiger partial charge is 0.357 e. The lowest BCUT2D eigenvalue weighted by atomic mass is 10.0. The molecule has 1 fully saturated rings. The van der Waals surface area contributed by atoms with E-state index in [1.54, 1.807) is 0 Å². The number of tetrazole rings is 1. The quantitative estimate of drug-likeness (QED) is 0.699. The normalized spacial score (nSPS) is 18.0. The molecule has 138 valence electrons. The molecule has 1 aliphatic heterocycles. The van der Waals surface area contributed by atoms with E-state index in [9.17, 15) is 0 Å². The minimum atomic E-state index is 0.0462. The Morgan fingerprint density at radius 1 is 1.00 bits per heavy atom. The summed E-state index contributed by atoms with van der Waals surface area (Å²) >= 11 is 0. The van der Waals surface area contributed by atoms with Gasteiger partial charge in [0.15, 0.2) is 5.82 Å². The lowest BCUT2D eigenvalue weighted by Crippen LogP contribution is -2.31. The number of para-hydroxylation sites is 1. The highest BCUT2D eigenvalue weighted by Gasteiger charge is 2.34. The molecule has 0 radical (unpaired) electrons. The van der Waals surface area contributed by atoms with Gasteiger partial charge in [0.05, 0.1) is 6.04 Å². The molecule has 5 nitrogen and oxygen atoms in total. The van der Waals surface area contributed by atoms with Crippen LogP contribution in [0.15, 0.2) is 48.5 Å². The zero-order chi connectivity index (χ0) is 18.2. The van der Waals surface area contributed by atoms with Crippen LogP contribution in [-0.2, 0) is 6.42 Å². The predicted molar refractivity (Wildman–Crippen MR) is 106 cm³/mol. The van der Waals surface area contributed by atoms with Crippen LogP contribution < -0.4 is 4.90 Å². The molecular formula is C22H25N5. The van der Waals surface area contributed by atoms with Crippen LogP contribution in [0.1, 0.15) is 60.3 Å². The minimum Gasteiger partial charge on any atom is -0.357 e. The second kappa shape index (κ2) is 6.80. The van der Waals surface area contributed by atoms with Crippen LogP contribution >= 0.6 is 0 Å². The summed E-state index contributed by atoms with van der Waals surface area (Å²) in [7, 11) is 0. The van der Waals surface area contributed by atoms with Gasteiger partial charge in [-0.15, -0.1) is 5.10 Å². The molecule has 1 atom stereocenters. The minimum absolute atomic E-state index is 0.0462. The van der Waals surface area contributed by atoms with E-state index in [1.807, 2.05) is 0 Å². The molecule has 3 aromatic rings. The highest BCUT2D eigenvalue weighted by molar-refractivity contribution is 5.60. The molecule has 2 aromatic carbocycles. The summed E-state index contributed by atoms with van der Waals surface area (Å²) in [5.41, 5.74) is 5.25. The van der Waals surface area contributed by atoms with Crippen molar-refractivity contribution in [3.8, 4) is 0 Å². The first kappa shape index (κ1) is 16.5. The molecule has 0 saturated heterocycles. The van der Waals surface area contributed by atoms with E-state index in [4.69, 9.17) is 0 Å². The molecule has 0 N–H and O–H groups in total. The van der Waals surface area contributed by atoms with Gasteiger partial charge in [0, 0.05) is 12.2 Å². The number of nitrogens with zero attached hydrogens (tertiary/aromatic N) is 5. The van der Waals surface area contributed by atoms with Crippen molar-refractivity contribution in [3.05, 3.63) is 71.0 Å². The monoisotopic (exact) mass is 359 g/mol. The third-order valence-electron chi connectivity index (χ3n) is 6.06. The Morgan fingerprint density at radius 2 is 1.78 bits per heavy atom. The van der Waals surface area contributed by atoms with E-state index in [0.717, 1.165) is 18.8 Å². The van der Waals surface area contributed by atoms with Gasteiger partial charge in [-0.3, -0.25) is 0 Å². The summed E-state index contributed by atoms with van der Waals surface area (Å²) < 4.78 is 2.11. The average molecular weight is 359 g/mol. The van der Waals surface area contributed by atoms with Gasteiger partial charge in [-0.2, -0.15) is 0 Å². The number of rotatable bonds is 4. The van der Waals surface area contributed by atoms with Crippen LogP contribution in [0.4, 0.5) is 5.69 Å². The first-order chi connectivity index (χ1) is 13.3. The van der Waals surface area contributed by atoms with Crippen molar-refractivity contribution < 1.29 is 0 Å². The van der Waals surface area contributed by atoms with Crippen molar-refractivity contribution in [2.24, 2.45) is 0 Å². The summed E-state index contributed by atoms with van der Waals surface area (Å²) in [6.45, 7) is 3.13. The number of fused-ring (bicyclic) bond motifs is 1. The molecule has 0 spiro atoms. The second-order valence-electron chi connectivity index (χ2n) is 7.81. The van der Waals surface area contributed by atoms with Crippen molar-refractivity contribution >= 4 is 5.69 Å². The first-order valence-corrected chi connectivity index (χ1v) is 10.00. The van der Waals surface area contributed by atoms with Crippen molar-refractivity contribution in [2.45, 2.75) is 51.1 Å². The number of hydrogen-bond donors (Lipinski definition) is 0. The Balaban J connectivity index is 1.62. The van der Waals surface area contributed by atoms with Gasteiger partial charge in [0.25, 0.3) is 0 Å². The summed E-state index contributed by atoms with van der Waals surface area (Å²) in [4.78, 5) is 2.48. The van der Waals surface area contributed by atoms with Crippen LogP contribution in [0.25, 0.3) is 0 Å². The fraction of sp³-hybridized carbons (Fsp3) is 0.409. The van der Waals surface area contributed by atoms with E-state index >= 15 is 0 Å². The van der Waals surface area contributed by atoms with Gasteiger partial charge in [-0.25, -0.2) is 4.68 Å². The lowest BCUT2D eigenvalue weighted by Gasteiger charge is -2.30. The molecule has 2 aliphatic rings. The highest BCUT2D eigenvalue weighted by atomic mass is 15.6. The van der Waals surface area contributed by atoms with Gasteiger partial charge in [-0.1, -0.05) is 60.9 Å². The second-order valence-corrected chi connectivity index (χ2v) is 7.81. The topological polar surface area (TPSA) is 46.8 Å². The number of benzene rings is 2. The van der Waals surface area contributed by atoms with Crippen LogP contribution in [0.3, 0.4) is 0 Å². The molecule has 1 aromatic heterocycles. The van der Waals surface area contributed by atoms with Crippen molar-refractivity contribution in [3.63, 3.8) is 0 Å². The van der Waals surface area contributed by atoms with E-state index in [2.05, 4.69) is 80.6 Å². The van der Waals surface area contributed by atoms with Crippen LogP contribution in [0, 0.1) is 6.92 Å². The number of anilines is 1. The number of aromatic nitrogens is 4. The molecule has 0 bridgehead atoms. The first-order valence-electron chi connectivity index (χ1n) is 10.00. The van der Waals surface area contributed by atoms with Crippen molar-refractivity contribution in [2.75, 3.05) is 11.4 Å². The Bertz CT molecular complexity index is 924. The van der Waals surface area contributed by atoms with Crippen LogP contribution in [0.2, 0.25) is 0 Å². The molecule has 1 aliphatic carbocycles. The maximum atomic E-state index is 4.54. The van der Waals surface area contributed by atoms with Crippen molar-refractivity contribution in [1.29, 1.82) is 0 Å². The van der Waals surface area contributed by atoms with E-state index < -0.39 is 0 Å². The summed E-state index contributed by atoms with van der Waals surface area (Å²) in [5, 5.41) is 13.1. The maximum Gasteiger partial charge on any atom is 0.178 e. The molecule has 2 heterocycles. The van der Waals surface area contributed by atoms with Crippen LogP contribution in [-0.4, -0.2) is 26.8 Å². The maximum absolute atomic E-state index is 4.54. The SMILES string of the molecule is Cc1ccc([C@H](c2nnnn2C2CCCC2)N2CCc3ccccc32)cc1. The molecule has 27 heavy (non-hydrogen) atoms. The Labute approximate surface area is 160 Å². The number of hydrogen-bond acceptors (Lipinski definition) is 4. The van der Waals surface area contributed by atoms with Gasteiger partial charge >= 0.3 is 0 Å². The Hall–Kier alpha value is -2.69. The highest BCUT2D eigenvalue weighted by Crippen LogP contribution is 2.39. The van der Waals surface area contributed by atoms with Gasteiger partial charge < -0.3 is 4.90 Å². The standard InChI is InChI=1S/C22H25N5/c1-16-10-12-18(13-11-16)21(26-15-14-17-6-2-5-9-20(17)26)22-23-24-25-27(22)19-7-3-4-8-19/h2,5-6,9-13,19,21H,3-4,7-8,14-15H2,1H3/t21-/m1/s1. The zero-order valence-electron chi connectivity index (χ0n) is 15.8. The third kappa shape index (κ3) is 2.91. The van der Waals surface area contributed by atoms with Gasteiger partial charge in [-0.05, 0) is 53.8 Å². The fourth-order valence-electron chi connectivity index (χ4n) is 4.64. The summed E-state index contributed by atoms with van der Waals surface area (Å²) in [6.07, 6.45) is 5.96. The molecular weight excluding hydrogens is 334 g/mol. The van der Waals surface area contributed by atoms with Crippen LogP contribution in [0.5, 0.6) is 0 Å². The molecule has 0 amide bonds. The van der Waals surface area contributed by atoms with E-state index in [0.29, 0.717) is 6.04 Å². The van der Waals surface area contributed by atoms with E-state index in [-0.39, 0.29) is 6.04 Å². The summed E-state index contributed by atoms with van der Waals surface area (Å²) in [6, 6.07) is 18.0. The molecule has 5 rings (SSSR count). The lowest BCUT2D eigenvalue weighted by molar-refractivity contribution is 0.428. The molecule has 5 heteroatoms. The molecule has 1 saturated carbocycles. The smallest absolute Gasteiger partial charge is 0.178 e. The zero-order valence-corrected chi connectivity index (χ0v) is 15.8. The van der Waals surface area contributed by atoms with E-state index in [1.165, 1.54) is 48.1 Å². The van der Waals surface area contributed by atoms with Crippen molar-refractivity contribution in [1.82, 2.24) is 20.2 Å². The number of aryl methyl sites for hydroxylation is 1. The average Bonchev–Trinajstić information content (AvgIpc) is 3.45. The Kier molecular flexibility index (Phi) is 4.15. The predicted octanol–water partition coefficient (Wildman–Crippen LogP) is 4.25. The fourth-order valence-corrected chi connectivity index (χ4v) is 4.64. The summed E-state index contributed by atoms with van der Waals surface area (Å²) in [5.74, 6) is 0.974.